The van der Waals surface area contributed by atoms with Crippen molar-refractivity contribution in [3.05, 3.63) is 29.8 Å². The van der Waals surface area contributed by atoms with Gasteiger partial charge in [-0.05, 0) is 64.5 Å². The van der Waals surface area contributed by atoms with Crippen LogP contribution in [-0.2, 0) is 11.3 Å². The third-order valence-electron chi connectivity index (χ3n) is 5.45. The van der Waals surface area contributed by atoms with Gasteiger partial charge in [0, 0.05) is 38.9 Å². The first-order valence-corrected chi connectivity index (χ1v) is 10.8. The summed E-state index contributed by atoms with van der Waals surface area (Å²) in [6.07, 6.45) is 5.47. The van der Waals surface area contributed by atoms with E-state index < -0.39 is 5.60 Å². The molecule has 2 fully saturated rings. The second kappa shape index (κ2) is 9.62. The Morgan fingerprint density at radius 2 is 2.03 bits per heavy atom. The third kappa shape index (κ3) is 6.31. The predicted octanol–water partition coefficient (Wildman–Crippen LogP) is 3.41. The van der Waals surface area contributed by atoms with Gasteiger partial charge in [0.25, 0.3) is 0 Å². The molecule has 0 radical (unpaired) electrons. The fraction of sp³-hybridized carbons (Fsp3) is 0.682. The zero-order valence-corrected chi connectivity index (χ0v) is 18.5. The number of hydrogen-bond acceptors (Lipinski definition) is 4. The van der Waals surface area contributed by atoms with Crippen molar-refractivity contribution in [1.29, 1.82) is 0 Å². The summed E-state index contributed by atoms with van der Waals surface area (Å²) in [6.45, 7) is 8.34. The number of hydrogen-bond donors (Lipinski definition) is 1. The number of aromatic nitrogens is 1. The Morgan fingerprint density at radius 3 is 2.60 bits per heavy atom. The monoisotopic (exact) mass is 419 g/mol. The molecule has 7 nitrogen and oxygen atoms in total. The predicted molar refractivity (Wildman–Crippen MR) is 115 cm³/mol. The number of pyridine rings is 1. The minimum atomic E-state index is -0.494. The molecule has 1 aromatic heterocycles. The Morgan fingerprint density at radius 1 is 1.33 bits per heavy atom. The van der Waals surface area contributed by atoms with Gasteiger partial charge in [-0.1, -0.05) is 0 Å². The van der Waals surface area contributed by atoms with Gasteiger partial charge in [0.15, 0.2) is 5.96 Å². The lowest BCUT2D eigenvalue weighted by Gasteiger charge is -2.40. The van der Waals surface area contributed by atoms with Gasteiger partial charge in [0.05, 0.1) is 12.2 Å². The van der Waals surface area contributed by atoms with Gasteiger partial charge >= 0.3 is 6.09 Å². The first-order valence-electron chi connectivity index (χ1n) is 10.8. The van der Waals surface area contributed by atoms with Gasteiger partial charge in [-0.3, -0.25) is 9.98 Å². The van der Waals surface area contributed by atoms with Crippen LogP contribution in [-0.4, -0.2) is 65.2 Å². The molecular weight excluding hydrogens is 385 g/mol. The Kier molecular flexibility index (Phi) is 7.15. The maximum absolute atomic E-state index is 13.8. The Labute approximate surface area is 178 Å². The van der Waals surface area contributed by atoms with Crippen LogP contribution in [0.5, 0.6) is 0 Å². The molecule has 1 aliphatic carbocycles. The highest BCUT2D eigenvalue weighted by Gasteiger charge is 2.35. The van der Waals surface area contributed by atoms with Gasteiger partial charge in [-0.25, -0.2) is 9.18 Å². The normalized spacial score (nSPS) is 18.3. The molecule has 1 aliphatic heterocycles. The highest BCUT2D eigenvalue weighted by molar-refractivity contribution is 5.80. The van der Waals surface area contributed by atoms with Gasteiger partial charge in [0.2, 0.25) is 0 Å². The molecule has 0 spiro atoms. The number of halogens is 1. The van der Waals surface area contributed by atoms with E-state index in [9.17, 15) is 9.18 Å². The van der Waals surface area contributed by atoms with E-state index in [4.69, 9.17) is 4.74 Å². The number of likely N-dealkylation sites (tertiary alicyclic amines) is 1. The highest BCUT2D eigenvalue weighted by atomic mass is 19.1. The molecule has 8 heteroatoms. The smallest absolute Gasteiger partial charge is 0.410 e. The van der Waals surface area contributed by atoms with Crippen LogP contribution in [0.1, 0.15) is 52.1 Å². The lowest BCUT2D eigenvalue weighted by molar-refractivity contribution is 0.00928. The molecule has 30 heavy (non-hydrogen) atoms. The van der Waals surface area contributed by atoms with Crippen LogP contribution in [0.25, 0.3) is 0 Å². The van der Waals surface area contributed by atoms with Gasteiger partial charge in [-0.15, -0.1) is 0 Å². The second-order valence-electron chi connectivity index (χ2n) is 9.13. The fourth-order valence-corrected chi connectivity index (χ4v) is 3.70. The number of amides is 1. The Bertz CT molecular complexity index is 752. The van der Waals surface area contributed by atoms with Crippen LogP contribution < -0.4 is 5.32 Å². The van der Waals surface area contributed by atoms with Crippen molar-refractivity contribution < 1.29 is 13.9 Å². The van der Waals surface area contributed by atoms with E-state index in [2.05, 4.69) is 20.2 Å². The molecule has 1 saturated heterocycles. The molecule has 2 aliphatic rings. The molecule has 166 valence electrons. The van der Waals surface area contributed by atoms with Gasteiger partial charge in [0.1, 0.15) is 11.4 Å². The van der Waals surface area contributed by atoms with E-state index in [0.717, 1.165) is 38.4 Å². The van der Waals surface area contributed by atoms with Crippen molar-refractivity contribution in [3.8, 4) is 0 Å². The number of piperidine rings is 1. The van der Waals surface area contributed by atoms with Crippen LogP contribution >= 0.6 is 0 Å². The Balaban J connectivity index is 1.55. The largest absolute Gasteiger partial charge is 0.444 e. The summed E-state index contributed by atoms with van der Waals surface area (Å²) in [5.74, 6) is 1.01. The number of ether oxygens (including phenoxy) is 1. The zero-order chi connectivity index (χ0) is 21.7. The summed E-state index contributed by atoms with van der Waals surface area (Å²) in [7, 11) is 1.73. The summed E-state index contributed by atoms with van der Waals surface area (Å²) in [6, 6.07) is 3.16. The average molecular weight is 420 g/mol. The minimum Gasteiger partial charge on any atom is -0.444 e. The maximum atomic E-state index is 13.8. The number of carbonyl (C=O) groups excluding carboxylic acids is 1. The average Bonchev–Trinajstić information content (AvgIpc) is 3.51. The van der Waals surface area contributed by atoms with Crippen molar-refractivity contribution in [2.75, 3.05) is 26.7 Å². The number of aliphatic imine (C=N–C) groups is 1. The first-order chi connectivity index (χ1) is 14.3. The summed E-state index contributed by atoms with van der Waals surface area (Å²) in [5.41, 5.74) is -0.124. The van der Waals surface area contributed by atoms with Crippen LogP contribution in [0.15, 0.2) is 23.3 Å². The van der Waals surface area contributed by atoms with Gasteiger partial charge < -0.3 is 19.9 Å². The summed E-state index contributed by atoms with van der Waals surface area (Å²) >= 11 is 0. The molecular formula is C22H34FN5O2. The van der Waals surface area contributed by atoms with Crippen LogP contribution in [0.3, 0.4) is 0 Å². The van der Waals surface area contributed by atoms with E-state index in [0.29, 0.717) is 11.6 Å². The number of nitrogens with one attached hydrogen (secondary N) is 1. The zero-order valence-electron chi connectivity index (χ0n) is 18.5. The standard InChI is InChI=1S/C22H34FN5O2/c1-22(2,3)30-21(29)28(15-16-7-8-16)17-9-12-27(13-10-17)20(24-4)26-14-19-18(23)6-5-11-25-19/h5-6,11,16-17H,7-10,12-15H2,1-4H3,(H,24,26). The molecule has 1 N–H and O–H groups in total. The fourth-order valence-electron chi connectivity index (χ4n) is 3.70. The molecule has 0 unspecified atom stereocenters. The molecule has 1 saturated carbocycles. The molecule has 0 aromatic carbocycles. The summed E-state index contributed by atoms with van der Waals surface area (Å²) in [4.78, 5) is 25.3. The van der Waals surface area contributed by atoms with E-state index in [1.165, 1.54) is 18.9 Å². The first kappa shape index (κ1) is 22.3. The number of carbonyl (C=O) groups is 1. The lowest BCUT2D eigenvalue weighted by Crippen LogP contribution is -2.52. The molecule has 3 rings (SSSR count). The molecule has 1 aromatic rings. The lowest BCUT2D eigenvalue weighted by atomic mass is 10.0. The third-order valence-corrected chi connectivity index (χ3v) is 5.45. The Hall–Kier alpha value is -2.38. The van der Waals surface area contributed by atoms with Crippen molar-refractivity contribution in [3.63, 3.8) is 0 Å². The van der Waals surface area contributed by atoms with E-state index in [1.54, 1.807) is 19.3 Å². The van der Waals surface area contributed by atoms with E-state index >= 15 is 0 Å². The van der Waals surface area contributed by atoms with Crippen molar-refractivity contribution in [2.45, 2.75) is 64.6 Å². The van der Waals surface area contributed by atoms with Crippen LogP contribution in [0, 0.1) is 11.7 Å². The van der Waals surface area contributed by atoms with Crippen LogP contribution in [0.2, 0.25) is 0 Å². The van der Waals surface area contributed by atoms with Crippen molar-refractivity contribution in [2.24, 2.45) is 10.9 Å². The molecule has 2 heterocycles. The number of nitrogens with zero attached hydrogens (tertiary/aromatic N) is 4. The molecule has 1 amide bonds. The van der Waals surface area contributed by atoms with Gasteiger partial charge in [-0.2, -0.15) is 0 Å². The summed E-state index contributed by atoms with van der Waals surface area (Å²) in [5, 5.41) is 3.20. The topological polar surface area (TPSA) is 70.1 Å². The van der Waals surface area contributed by atoms with Crippen LogP contribution in [0.4, 0.5) is 9.18 Å². The van der Waals surface area contributed by atoms with E-state index in [-0.39, 0.29) is 24.5 Å². The molecule has 0 atom stereocenters. The van der Waals surface area contributed by atoms with Crippen molar-refractivity contribution >= 4 is 12.1 Å². The number of guanidine groups is 1. The van der Waals surface area contributed by atoms with E-state index in [1.807, 2.05) is 25.7 Å². The molecule has 0 bridgehead atoms. The summed E-state index contributed by atoms with van der Waals surface area (Å²) < 4.78 is 19.5. The quantitative estimate of drug-likeness (QED) is 0.585. The highest BCUT2D eigenvalue weighted by Crippen LogP contribution is 2.32. The number of rotatable bonds is 5. The second-order valence-corrected chi connectivity index (χ2v) is 9.13. The minimum absolute atomic E-state index is 0.169. The maximum Gasteiger partial charge on any atom is 0.410 e. The van der Waals surface area contributed by atoms with Crippen molar-refractivity contribution in [1.82, 2.24) is 20.1 Å². The SMILES string of the molecule is CN=C(NCc1ncccc1F)N1CCC(N(CC2CC2)C(=O)OC(C)(C)C)CC1.